The molecule has 1 N–H and O–H groups in total. The van der Waals surface area contributed by atoms with Crippen LogP contribution >= 0.6 is 24.4 Å². The molecule has 27 heavy (non-hydrogen) atoms. The maximum Gasteiger partial charge on any atom is 0.416 e. The minimum atomic E-state index is -5.03. The van der Waals surface area contributed by atoms with E-state index in [4.69, 9.17) is 11.6 Å². The van der Waals surface area contributed by atoms with E-state index in [1.807, 2.05) is 0 Å². The summed E-state index contributed by atoms with van der Waals surface area (Å²) in [6.45, 7) is -0.0540. The average Bonchev–Trinajstić information content (AvgIpc) is 2.57. The normalized spacial score (nSPS) is 12.0. The van der Waals surface area contributed by atoms with Gasteiger partial charge in [0.2, 0.25) is 0 Å². The van der Waals surface area contributed by atoms with Gasteiger partial charge in [0.25, 0.3) is 0 Å². The highest BCUT2D eigenvalue weighted by Gasteiger charge is 2.37. The zero-order valence-electron chi connectivity index (χ0n) is 13.2. The quantitative estimate of drug-likeness (QED) is 0.460. The van der Waals surface area contributed by atoms with E-state index in [1.54, 1.807) is 18.2 Å². The second kappa shape index (κ2) is 7.89. The van der Waals surface area contributed by atoms with Gasteiger partial charge < -0.3 is 5.32 Å². The van der Waals surface area contributed by atoms with Gasteiger partial charge in [-0.25, -0.2) is 9.10 Å². The molecule has 0 aromatic heterocycles. The van der Waals surface area contributed by atoms with Crippen LogP contribution in [0.15, 0.2) is 42.5 Å². The van der Waals surface area contributed by atoms with E-state index in [9.17, 15) is 31.1 Å². The van der Waals surface area contributed by atoms with Crippen LogP contribution in [0.1, 0.15) is 16.7 Å². The molecule has 0 radical (unpaired) electrons. The smallest absolute Gasteiger partial charge is 0.333 e. The first-order valence-corrected chi connectivity index (χ1v) is 7.96. The molecule has 0 fully saturated rings. The first-order chi connectivity index (χ1) is 12.4. The van der Waals surface area contributed by atoms with Crippen LogP contribution in [0.3, 0.4) is 0 Å². The Balaban J connectivity index is 2.25. The number of nitrogens with one attached hydrogen (secondary N) is 1. The van der Waals surface area contributed by atoms with Crippen molar-refractivity contribution in [3.63, 3.8) is 0 Å². The van der Waals surface area contributed by atoms with E-state index >= 15 is 0 Å². The molecule has 11 heteroatoms. The lowest BCUT2D eigenvalue weighted by Crippen LogP contribution is -2.33. The standard InChI is InChI=1S/C16H11ClF6N2OS/c17-12-3-1-2-9(4-12)8-24-14(26)25(27)13-6-10(15(18,19)20)5-11(7-13)16(21,22)23/h1-7,27H,8H2,(H,24,26). The number of halogens is 7. The van der Waals surface area contributed by atoms with Crippen molar-refractivity contribution in [2.45, 2.75) is 18.9 Å². The minimum absolute atomic E-state index is 0.0327. The highest BCUT2D eigenvalue weighted by atomic mass is 35.5. The van der Waals surface area contributed by atoms with E-state index in [-0.39, 0.29) is 12.6 Å². The van der Waals surface area contributed by atoms with Crippen LogP contribution in [0.4, 0.5) is 36.8 Å². The molecule has 0 saturated carbocycles. The Hall–Kier alpha value is -2.07. The first-order valence-electron chi connectivity index (χ1n) is 7.18. The van der Waals surface area contributed by atoms with Crippen molar-refractivity contribution < 1.29 is 31.1 Å². The fourth-order valence-electron chi connectivity index (χ4n) is 2.08. The van der Waals surface area contributed by atoms with Gasteiger partial charge in [-0.3, -0.25) is 0 Å². The van der Waals surface area contributed by atoms with Crippen molar-refractivity contribution in [1.29, 1.82) is 0 Å². The van der Waals surface area contributed by atoms with Crippen LogP contribution in [-0.4, -0.2) is 6.03 Å². The van der Waals surface area contributed by atoms with E-state index < -0.39 is 35.2 Å². The number of nitrogens with zero attached hydrogens (tertiary/aromatic N) is 1. The predicted molar refractivity (Wildman–Crippen MR) is 91.6 cm³/mol. The third kappa shape index (κ3) is 5.70. The second-order valence-electron chi connectivity index (χ2n) is 5.36. The Labute approximate surface area is 160 Å². The Morgan fingerprint density at radius 3 is 2.04 bits per heavy atom. The number of carbonyl (C=O) groups is 1. The summed E-state index contributed by atoms with van der Waals surface area (Å²) < 4.78 is 77.7. The number of anilines is 1. The topological polar surface area (TPSA) is 32.3 Å². The molecule has 3 nitrogen and oxygen atoms in total. The second-order valence-corrected chi connectivity index (χ2v) is 6.20. The molecule has 0 bridgehead atoms. The lowest BCUT2D eigenvalue weighted by atomic mass is 10.1. The van der Waals surface area contributed by atoms with Crippen LogP contribution in [0, 0.1) is 0 Å². The average molecular weight is 429 g/mol. The number of hydrogen-bond donors (Lipinski definition) is 2. The first kappa shape index (κ1) is 21.2. The monoisotopic (exact) mass is 428 g/mol. The molecule has 0 atom stereocenters. The molecule has 0 aliphatic carbocycles. The van der Waals surface area contributed by atoms with Crippen molar-refractivity contribution in [3.8, 4) is 0 Å². The fraction of sp³-hybridized carbons (Fsp3) is 0.188. The molecule has 0 heterocycles. The van der Waals surface area contributed by atoms with Gasteiger partial charge in [-0.05, 0) is 35.9 Å². The van der Waals surface area contributed by atoms with Crippen molar-refractivity contribution in [3.05, 3.63) is 64.2 Å². The third-order valence-electron chi connectivity index (χ3n) is 3.34. The zero-order chi connectivity index (χ0) is 20.4. The van der Waals surface area contributed by atoms with Crippen molar-refractivity contribution in [2.75, 3.05) is 4.31 Å². The van der Waals surface area contributed by atoms with Crippen molar-refractivity contribution in [2.24, 2.45) is 0 Å². The summed E-state index contributed by atoms with van der Waals surface area (Å²) in [5, 5.41) is 2.73. The highest BCUT2D eigenvalue weighted by Crippen LogP contribution is 2.38. The molecular formula is C16H11ClF6N2OS. The minimum Gasteiger partial charge on any atom is -0.333 e. The molecule has 2 amide bonds. The summed E-state index contributed by atoms with van der Waals surface area (Å²) in [6, 6.07) is 6.14. The SMILES string of the molecule is O=C(NCc1cccc(Cl)c1)N(S)c1cc(C(F)(F)F)cc(C(F)(F)F)c1. The maximum atomic E-state index is 12.9. The number of hydrogen-bond acceptors (Lipinski definition) is 2. The lowest BCUT2D eigenvalue weighted by Gasteiger charge is -2.20. The molecule has 2 aromatic carbocycles. The molecular weight excluding hydrogens is 418 g/mol. The summed E-state index contributed by atoms with van der Waals surface area (Å²) in [5.41, 5.74) is -3.19. The summed E-state index contributed by atoms with van der Waals surface area (Å²) in [6.07, 6.45) is -10.1. The highest BCUT2D eigenvalue weighted by molar-refractivity contribution is 7.82. The van der Waals surface area contributed by atoms with E-state index in [1.165, 1.54) is 6.07 Å². The largest absolute Gasteiger partial charge is 0.416 e. The number of alkyl halides is 6. The van der Waals surface area contributed by atoms with Crippen LogP contribution in [0.2, 0.25) is 5.02 Å². The molecule has 146 valence electrons. The van der Waals surface area contributed by atoms with Crippen molar-refractivity contribution in [1.82, 2.24) is 5.32 Å². The third-order valence-corrected chi connectivity index (χ3v) is 3.99. The van der Waals surface area contributed by atoms with Gasteiger partial charge in [0.1, 0.15) is 0 Å². The van der Waals surface area contributed by atoms with Gasteiger partial charge >= 0.3 is 18.4 Å². The van der Waals surface area contributed by atoms with Gasteiger partial charge in [-0.1, -0.05) is 36.5 Å². The number of carbonyl (C=O) groups excluding carboxylic acids is 1. The number of amides is 2. The molecule has 0 aliphatic rings. The molecule has 0 aliphatic heterocycles. The van der Waals surface area contributed by atoms with Gasteiger partial charge in [0, 0.05) is 11.6 Å². The van der Waals surface area contributed by atoms with Crippen molar-refractivity contribution >= 4 is 36.1 Å². The molecule has 2 rings (SSSR count). The van der Waals surface area contributed by atoms with Crippen LogP contribution in [0.25, 0.3) is 0 Å². The number of urea groups is 1. The van der Waals surface area contributed by atoms with E-state index in [0.29, 0.717) is 27.0 Å². The van der Waals surface area contributed by atoms with Gasteiger partial charge in [-0.2, -0.15) is 26.3 Å². The van der Waals surface area contributed by atoms with Gasteiger partial charge in [-0.15, -0.1) is 0 Å². The van der Waals surface area contributed by atoms with Gasteiger partial charge in [0.05, 0.1) is 16.8 Å². The summed E-state index contributed by atoms with van der Waals surface area (Å²) >= 11 is 9.52. The van der Waals surface area contributed by atoms with Crippen LogP contribution < -0.4 is 9.62 Å². The number of rotatable bonds is 3. The van der Waals surface area contributed by atoms with E-state index in [2.05, 4.69) is 18.1 Å². The van der Waals surface area contributed by atoms with Gasteiger partial charge in [0.15, 0.2) is 0 Å². The molecule has 0 spiro atoms. The summed E-state index contributed by atoms with van der Waals surface area (Å²) in [5.74, 6) is 0. The molecule has 0 saturated heterocycles. The Kier molecular flexibility index (Phi) is 6.21. The Morgan fingerprint density at radius 1 is 1.00 bits per heavy atom. The fourth-order valence-corrected chi connectivity index (χ4v) is 2.48. The van der Waals surface area contributed by atoms with Crippen LogP contribution in [0.5, 0.6) is 0 Å². The molecule has 0 unspecified atom stereocenters. The number of benzene rings is 2. The Bertz CT molecular complexity index is 808. The number of thiol groups is 1. The zero-order valence-corrected chi connectivity index (χ0v) is 14.8. The summed E-state index contributed by atoms with van der Waals surface area (Å²) in [4.78, 5) is 12.1. The Morgan fingerprint density at radius 2 is 1.56 bits per heavy atom. The predicted octanol–water partition coefficient (Wildman–Crippen LogP) is 5.94. The van der Waals surface area contributed by atoms with E-state index in [0.717, 1.165) is 0 Å². The van der Waals surface area contributed by atoms with Crippen LogP contribution in [-0.2, 0) is 18.9 Å². The summed E-state index contributed by atoms with van der Waals surface area (Å²) in [7, 11) is 0. The lowest BCUT2D eigenvalue weighted by molar-refractivity contribution is -0.143. The maximum absolute atomic E-state index is 12.9. The molecule has 2 aromatic rings.